The SMILES string of the molecule is O=C(O)C(F)(F)F.O=C(O)C(F)(F)F.c1cncc(CN2CC[C@@H]3[C@@H]2CCN3Cc2ccoc2)c1. The second-order valence-corrected chi connectivity index (χ2v) is 7.75. The number of fused-ring (bicyclic) bond motifs is 1. The van der Waals surface area contributed by atoms with Crippen molar-refractivity contribution in [2.75, 3.05) is 13.1 Å². The van der Waals surface area contributed by atoms with Crippen molar-refractivity contribution >= 4 is 11.9 Å². The zero-order valence-electron chi connectivity index (χ0n) is 18.2. The van der Waals surface area contributed by atoms with Crippen LogP contribution in [-0.4, -0.2) is 74.5 Å². The highest BCUT2D eigenvalue weighted by molar-refractivity contribution is 5.73. The first-order valence-corrected chi connectivity index (χ1v) is 10.3. The fourth-order valence-electron chi connectivity index (χ4n) is 3.90. The molecule has 0 aromatic carbocycles. The molecule has 2 atom stereocenters. The molecular formula is C21H23F6N3O5. The number of nitrogens with zero attached hydrogens (tertiary/aromatic N) is 3. The van der Waals surface area contributed by atoms with Gasteiger partial charge in [0.05, 0.1) is 12.5 Å². The summed E-state index contributed by atoms with van der Waals surface area (Å²) in [5.74, 6) is -5.51. The summed E-state index contributed by atoms with van der Waals surface area (Å²) in [7, 11) is 0. The van der Waals surface area contributed by atoms with Crippen LogP contribution in [0.4, 0.5) is 26.3 Å². The first-order chi connectivity index (χ1) is 16.3. The molecule has 14 heteroatoms. The van der Waals surface area contributed by atoms with Crippen LogP contribution in [0.2, 0.25) is 0 Å². The smallest absolute Gasteiger partial charge is 0.475 e. The van der Waals surface area contributed by atoms with E-state index in [0.717, 1.165) is 13.1 Å². The first kappa shape index (κ1) is 28.1. The molecule has 2 aliphatic rings. The molecule has 8 nitrogen and oxygen atoms in total. The number of alkyl halides is 6. The van der Waals surface area contributed by atoms with Crippen LogP contribution in [0.1, 0.15) is 24.0 Å². The molecule has 2 aromatic heterocycles. The monoisotopic (exact) mass is 511 g/mol. The van der Waals surface area contributed by atoms with E-state index >= 15 is 0 Å². The van der Waals surface area contributed by atoms with Crippen molar-refractivity contribution in [1.29, 1.82) is 0 Å². The number of aliphatic carboxylic acids is 2. The number of aromatic nitrogens is 1. The molecule has 2 N–H and O–H groups in total. The highest BCUT2D eigenvalue weighted by Gasteiger charge is 2.42. The molecule has 0 aliphatic carbocycles. The molecule has 194 valence electrons. The minimum Gasteiger partial charge on any atom is -0.475 e. The molecule has 2 aromatic rings. The quantitative estimate of drug-likeness (QED) is 0.598. The predicted octanol–water partition coefficient (Wildman–Crippen LogP) is 3.79. The second-order valence-electron chi connectivity index (χ2n) is 7.75. The summed E-state index contributed by atoms with van der Waals surface area (Å²) in [6, 6.07) is 7.70. The lowest BCUT2D eigenvalue weighted by Gasteiger charge is -2.25. The zero-order chi connectivity index (χ0) is 26.2. The Morgan fingerprint density at radius 3 is 1.77 bits per heavy atom. The van der Waals surface area contributed by atoms with E-state index in [1.807, 2.05) is 24.7 Å². The number of carbonyl (C=O) groups is 2. The third kappa shape index (κ3) is 8.87. The van der Waals surface area contributed by atoms with Crippen LogP contribution in [0.5, 0.6) is 0 Å². The van der Waals surface area contributed by atoms with Crippen LogP contribution in [0.25, 0.3) is 0 Å². The number of hydrogen-bond donors (Lipinski definition) is 2. The molecule has 2 saturated heterocycles. The molecule has 2 fully saturated rings. The molecule has 4 heterocycles. The maximum absolute atomic E-state index is 10.6. The Kier molecular flexibility index (Phi) is 9.65. The second kappa shape index (κ2) is 12.0. The van der Waals surface area contributed by atoms with Crippen molar-refractivity contribution in [3.63, 3.8) is 0 Å². The maximum Gasteiger partial charge on any atom is 0.490 e. The van der Waals surface area contributed by atoms with Crippen LogP contribution in [0.15, 0.2) is 47.5 Å². The minimum absolute atomic E-state index is 0.705. The predicted molar refractivity (Wildman–Crippen MR) is 108 cm³/mol. The van der Waals surface area contributed by atoms with Gasteiger partial charge in [-0.25, -0.2) is 9.59 Å². The Morgan fingerprint density at radius 2 is 1.40 bits per heavy atom. The van der Waals surface area contributed by atoms with E-state index in [-0.39, 0.29) is 0 Å². The average molecular weight is 511 g/mol. The number of pyridine rings is 1. The average Bonchev–Trinajstić information content (AvgIpc) is 3.49. The van der Waals surface area contributed by atoms with Gasteiger partial charge in [0.25, 0.3) is 0 Å². The van der Waals surface area contributed by atoms with Gasteiger partial charge in [0.15, 0.2) is 0 Å². The zero-order valence-corrected chi connectivity index (χ0v) is 18.2. The molecule has 0 radical (unpaired) electrons. The van der Waals surface area contributed by atoms with Crippen molar-refractivity contribution < 1.29 is 50.6 Å². The third-order valence-electron chi connectivity index (χ3n) is 5.37. The summed E-state index contributed by atoms with van der Waals surface area (Å²) in [4.78, 5) is 27.3. The standard InChI is InChI=1S/C17H21N3O.2C2HF3O2/c1-2-14(10-18-6-1)11-19-7-3-17-16(19)4-8-20(17)12-15-5-9-21-13-15;2*3-2(4,5)1(6)7/h1-2,5-6,9-10,13,16-17H,3-4,7-8,11-12H2;2*(H,6,7)/t16-,17+;;/m0../s1. The summed E-state index contributed by atoms with van der Waals surface area (Å²) >= 11 is 0. The lowest BCUT2D eigenvalue weighted by molar-refractivity contribution is -0.193. The Hall–Kier alpha value is -3.13. The normalized spacial score (nSPS) is 20.3. The summed E-state index contributed by atoms with van der Waals surface area (Å²) in [6.07, 6.45) is -0.127. The van der Waals surface area contributed by atoms with Gasteiger partial charge < -0.3 is 14.6 Å². The molecular weight excluding hydrogens is 488 g/mol. The molecule has 0 saturated carbocycles. The van der Waals surface area contributed by atoms with Crippen molar-refractivity contribution in [1.82, 2.24) is 14.8 Å². The number of likely N-dealkylation sites (tertiary alicyclic amines) is 2. The van der Waals surface area contributed by atoms with Crippen molar-refractivity contribution in [3.05, 3.63) is 54.2 Å². The lowest BCUT2D eigenvalue weighted by atomic mass is 10.1. The number of halogens is 6. The van der Waals surface area contributed by atoms with Gasteiger partial charge in [0.2, 0.25) is 0 Å². The van der Waals surface area contributed by atoms with E-state index < -0.39 is 24.3 Å². The van der Waals surface area contributed by atoms with Gasteiger partial charge in [0, 0.05) is 56.2 Å². The van der Waals surface area contributed by atoms with Gasteiger partial charge in [-0.1, -0.05) is 6.07 Å². The van der Waals surface area contributed by atoms with Crippen molar-refractivity contribution in [3.8, 4) is 0 Å². The molecule has 0 spiro atoms. The van der Waals surface area contributed by atoms with E-state index in [9.17, 15) is 26.3 Å². The summed E-state index contributed by atoms with van der Waals surface area (Å²) in [5.41, 5.74) is 2.62. The highest BCUT2D eigenvalue weighted by Crippen LogP contribution is 2.33. The topological polar surface area (TPSA) is 107 Å². The molecule has 0 unspecified atom stereocenters. The molecule has 0 bridgehead atoms. The van der Waals surface area contributed by atoms with E-state index in [0.29, 0.717) is 12.1 Å². The minimum atomic E-state index is -5.08. The number of carboxylic acids is 2. The molecule has 0 amide bonds. The van der Waals surface area contributed by atoms with E-state index in [4.69, 9.17) is 24.2 Å². The van der Waals surface area contributed by atoms with Gasteiger partial charge in [-0.05, 0) is 30.5 Å². The van der Waals surface area contributed by atoms with Gasteiger partial charge in [-0.2, -0.15) is 26.3 Å². The Bertz CT molecular complexity index is 913. The lowest BCUT2D eigenvalue weighted by Crippen LogP contribution is -2.35. The van der Waals surface area contributed by atoms with Crippen LogP contribution in [0.3, 0.4) is 0 Å². The Balaban J connectivity index is 0.000000257. The number of furan rings is 1. The van der Waals surface area contributed by atoms with Crippen LogP contribution >= 0.6 is 0 Å². The van der Waals surface area contributed by atoms with E-state index in [1.165, 1.54) is 37.1 Å². The van der Waals surface area contributed by atoms with Crippen LogP contribution in [0, 0.1) is 0 Å². The van der Waals surface area contributed by atoms with E-state index in [2.05, 4.69) is 26.9 Å². The molecule has 4 rings (SSSR count). The van der Waals surface area contributed by atoms with Crippen LogP contribution in [-0.2, 0) is 22.7 Å². The summed E-state index contributed by atoms with van der Waals surface area (Å²) in [5, 5.41) is 14.2. The number of carboxylic acid groups (broad SMARTS) is 2. The maximum atomic E-state index is 10.6. The fraction of sp³-hybridized carbons (Fsp3) is 0.476. The number of hydrogen-bond acceptors (Lipinski definition) is 6. The molecule has 2 aliphatic heterocycles. The Morgan fingerprint density at radius 1 is 0.914 bits per heavy atom. The van der Waals surface area contributed by atoms with Gasteiger partial charge >= 0.3 is 24.3 Å². The van der Waals surface area contributed by atoms with Crippen molar-refractivity contribution in [2.45, 2.75) is 50.4 Å². The first-order valence-electron chi connectivity index (χ1n) is 10.3. The summed E-state index contributed by atoms with van der Waals surface area (Å²) < 4.78 is 68.7. The third-order valence-corrected chi connectivity index (χ3v) is 5.37. The number of rotatable bonds is 4. The highest BCUT2D eigenvalue weighted by atomic mass is 19.4. The van der Waals surface area contributed by atoms with Gasteiger partial charge in [-0.15, -0.1) is 0 Å². The fourth-order valence-corrected chi connectivity index (χ4v) is 3.90. The van der Waals surface area contributed by atoms with E-state index in [1.54, 1.807) is 6.26 Å². The Labute approximate surface area is 195 Å². The molecule has 35 heavy (non-hydrogen) atoms. The van der Waals surface area contributed by atoms with Gasteiger partial charge in [-0.3, -0.25) is 14.8 Å². The summed E-state index contributed by atoms with van der Waals surface area (Å²) in [6.45, 7) is 4.46. The van der Waals surface area contributed by atoms with Gasteiger partial charge in [0.1, 0.15) is 0 Å². The van der Waals surface area contributed by atoms with Crippen molar-refractivity contribution in [2.24, 2.45) is 0 Å². The van der Waals surface area contributed by atoms with Crippen LogP contribution < -0.4 is 0 Å². The largest absolute Gasteiger partial charge is 0.490 e.